The molecule has 2 amide bonds. The van der Waals surface area contributed by atoms with Crippen LogP contribution in [0, 0.1) is 0 Å². The first-order chi connectivity index (χ1) is 12.2. The van der Waals surface area contributed by atoms with E-state index in [1.54, 1.807) is 4.90 Å². The summed E-state index contributed by atoms with van der Waals surface area (Å²) in [7, 11) is 0. The minimum absolute atomic E-state index is 0.0243. The molecule has 130 valence electrons. The molecule has 1 fully saturated rings. The predicted octanol–water partition coefficient (Wildman–Crippen LogP) is 2.54. The molecule has 0 bridgehead atoms. The molecule has 0 aliphatic carbocycles. The quantitative estimate of drug-likeness (QED) is 0.824. The van der Waals surface area contributed by atoms with Crippen LogP contribution in [0.4, 0.5) is 11.4 Å². The van der Waals surface area contributed by atoms with Gasteiger partial charge >= 0.3 is 0 Å². The van der Waals surface area contributed by atoms with E-state index in [1.807, 2.05) is 54.6 Å². The molecule has 5 nitrogen and oxygen atoms in total. The number of hydrogen-bond donors (Lipinski definition) is 1. The largest absolute Gasteiger partial charge is 0.368 e. The van der Waals surface area contributed by atoms with E-state index in [9.17, 15) is 9.59 Å². The van der Waals surface area contributed by atoms with Crippen LogP contribution in [0.1, 0.15) is 12.0 Å². The monoisotopic (exact) mass is 337 g/mol. The van der Waals surface area contributed by atoms with Crippen LogP contribution in [0.15, 0.2) is 54.6 Å². The van der Waals surface area contributed by atoms with Crippen molar-refractivity contribution in [3.05, 3.63) is 60.2 Å². The van der Waals surface area contributed by atoms with Gasteiger partial charge in [0.15, 0.2) is 0 Å². The van der Waals surface area contributed by atoms with Gasteiger partial charge < -0.3 is 15.1 Å². The van der Waals surface area contributed by atoms with E-state index in [2.05, 4.69) is 10.2 Å². The molecular formula is C20H23N3O2. The van der Waals surface area contributed by atoms with Crippen LogP contribution in [0.2, 0.25) is 0 Å². The molecular weight excluding hydrogens is 314 g/mol. The van der Waals surface area contributed by atoms with Gasteiger partial charge in [-0.3, -0.25) is 9.59 Å². The number of carbonyl (C=O) groups is 2. The zero-order valence-electron chi connectivity index (χ0n) is 14.2. The number of anilines is 2. The summed E-state index contributed by atoms with van der Waals surface area (Å²) in [5.41, 5.74) is 3.10. The van der Waals surface area contributed by atoms with Crippen LogP contribution in [-0.4, -0.2) is 43.4 Å². The van der Waals surface area contributed by atoms with Gasteiger partial charge in [0.05, 0.1) is 0 Å². The van der Waals surface area contributed by atoms with Crippen LogP contribution in [0.3, 0.4) is 0 Å². The first-order valence-corrected chi connectivity index (χ1v) is 8.63. The molecule has 0 spiro atoms. The molecule has 1 heterocycles. The van der Waals surface area contributed by atoms with Crippen molar-refractivity contribution in [2.24, 2.45) is 0 Å². The number of piperazine rings is 1. The first kappa shape index (κ1) is 17.0. The van der Waals surface area contributed by atoms with Crippen molar-refractivity contribution in [3.8, 4) is 0 Å². The van der Waals surface area contributed by atoms with E-state index in [4.69, 9.17) is 0 Å². The highest BCUT2D eigenvalue weighted by Crippen LogP contribution is 2.19. The summed E-state index contributed by atoms with van der Waals surface area (Å²) >= 11 is 0. The fourth-order valence-electron chi connectivity index (χ4n) is 2.97. The summed E-state index contributed by atoms with van der Waals surface area (Å²) in [6, 6.07) is 17.9. The maximum atomic E-state index is 12.1. The van der Waals surface area contributed by atoms with Gasteiger partial charge in [-0.05, 0) is 36.2 Å². The van der Waals surface area contributed by atoms with Gasteiger partial charge in [-0.1, -0.05) is 30.3 Å². The van der Waals surface area contributed by atoms with Gasteiger partial charge in [0, 0.05) is 44.0 Å². The Morgan fingerprint density at radius 1 is 0.960 bits per heavy atom. The summed E-state index contributed by atoms with van der Waals surface area (Å²) < 4.78 is 0. The third-order valence-corrected chi connectivity index (χ3v) is 4.46. The smallest absolute Gasteiger partial charge is 0.224 e. The van der Waals surface area contributed by atoms with Gasteiger partial charge in [-0.25, -0.2) is 0 Å². The standard InChI is InChI=1S/C20H23N3O2/c24-16-22-12-14-23(15-13-22)19-9-7-18(8-10-19)21-20(25)11-6-17-4-2-1-3-5-17/h1-5,7-10,16H,6,11-15H2,(H,21,25). The molecule has 0 saturated carbocycles. The Labute approximate surface area is 148 Å². The average Bonchev–Trinajstić information content (AvgIpc) is 2.68. The normalized spacial score (nSPS) is 14.2. The molecule has 1 aliphatic heterocycles. The predicted molar refractivity (Wildman–Crippen MR) is 99.7 cm³/mol. The molecule has 3 rings (SSSR count). The molecule has 0 atom stereocenters. The molecule has 1 aliphatic rings. The number of nitrogens with one attached hydrogen (secondary N) is 1. The van der Waals surface area contributed by atoms with Crippen LogP contribution >= 0.6 is 0 Å². The van der Waals surface area contributed by atoms with Gasteiger partial charge in [-0.15, -0.1) is 0 Å². The summed E-state index contributed by atoms with van der Waals surface area (Å²) in [5.74, 6) is 0.0243. The van der Waals surface area contributed by atoms with E-state index >= 15 is 0 Å². The van der Waals surface area contributed by atoms with Crippen molar-refractivity contribution in [1.29, 1.82) is 0 Å². The maximum Gasteiger partial charge on any atom is 0.224 e. The van der Waals surface area contributed by atoms with Crippen LogP contribution in [-0.2, 0) is 16.0 Å². The van der Waals surface area contributed by atoms with Gasteiger partial charge in [-0.2, -0.15) is 0 Å². The lowest BCUT2D eigenvalue weighted by Gasteiger charge is -2.34. The Hall–Kier alpha value is -2.82. The minimum Gasteiger partial charge on any atom is -0.368 e. The van der Waals surface area contributed by atoms with E-state index < -0.39 is 0 Å². The molecule has 0 radical (unpaired) electrons. The SMILES string of the molecule is O=CN1CCN(c2ccc(NC(=O)CCc3ccccc3)cc2)CC1. The number of benzene rings is 2. The molecule has 0 unspecified atom stereocenters. The Morgan fingerprint density at radius 2 is 1.64 bits per heavy atom. The Morgan fingerprint density at radius 3 is 2.28 bits per heavy atom. The van der Waals surface area contributed by atoms with Crippen LogP contribution in [0.25, 0.3) is 0 Å². The summed E-state index contributed by atoms with van der Waals surface area (Å²) in [6.45, 7) is 3.17. The highest BCUT2D eigenvalue weighted by atomic mass is 16.1. The lowest BCUT2D eigenvalue weighted by Crippen LogP contribution is -2.45. The zero-order chi connectivity index (χ0) is 17.5. The zero-order valence-corrected chi connectivity index (χ0v) is 14.2. The number of aryl methyl sites for hydroxylation is 1. The lowest BCUT2D eigenvalue weighted by atomic mass is 10.1. The highest BCUT2D eigenvalue weighted by Gasteiger charge is 2.15. The molecule has 2 aromatic rings. The minimum atomic E-state index is 0.0243. The second-order valence-electron chi connectivity index (χ2n) is 6.21. The summed E-state index contributed by atoms with van der Waals surface area (Å²) in [6.07, 6.45) is 2.12. The highest BCUT2D eigenvalue weighted by molar-refractivity contribution is 5.91. The van der Waals surface area contributed by atoms with Crippen molar-refractivity contribution >= 4 is 23.7 Å². The third-order valence-electron chi connectivity index (χ3n) is 4.46. The van der Waals surface area contributed by atoms with Crippen molar-refractivity contribution in [2.45, 2.75) is 12.8 Å². The van der Waals surface area contributed by atoms with Gasteiger partial charge in [0.25, 0.3) is 0 Å². The fourth-order valence-corrected chi connectivity index (χ4v) is 2.97. The molecule has 2 aromatic carbocycles. The van der Waals surface area contributed by atoms with Crippen molar-refractivity contribution in [2.75, 3.05) is 36.4 Å². The van der Waals surface area contributed by atoms with Crippen molar-refractivity contribution < 1.29 is 9.59 Å². The van der Waals surface area contributed by atoms with E-state index in [1.165, 1.54) is 5.56 Å². The second kappa shape index (κ2) is 8.33. The molecule has 0 aromatic heterocycles. The van der Waals surface area contributed by atoms with Crippen molar-refractivity contribution in [3.63, 3.8) is 0 Å². The summed E-state index contributed by atoms with van der Waals surface area (Å²) in [4.78, 5) is 26.9. The van der Waals surface area contributed by atoms with E-state index in [0.29, 0.717) is 6.42 Å². The molecule has 5 heteroatoms. The molecule has 1 saturated heterocycles. The van der Waals surface area contributed by atoms with Gasteiger partial charge in [0.1, 0.15) is 0 Å². The Kier molecular flexibility index (Phi) is 5.67. The number of rotatable bonds is 6. The lowest BCUT2D eigenvalue weighted by molar-refractivity contribution is -0.118. The topological polar surface area (TPSA) is 52.7 Å². The fraction of sp³-hybridized carbons (Fsp3) is 0.300. The van der Waals surface area contributed by atoms with Gasteiger partial charge in [0.2, 0.25) is 12.3 Å². The second-order valence-corrected chi connectivity index (χ2v) is 6.21. The number of hydrogen-bond acceptors (Lipinski definition) is 3. The maximum absolute atomic E-state index is 12.1. The third kappa shape index (κ3) is 4.83. The van der Waals surface area contributed by atoms with Crippen LogP contribution in [0.5, 0.6) is 0 Å². The molecule has 1 N–H and O–H groups in total. The molecule has 25 heavy (non-hydrogen) atoms. The Balaban J connectivity index is 1.49. The van der Waals surface area contributed by atoms with Crippen LogP contribution < -0.4 is 10.2 Å². The number of carbonyl (C=O) groups excluding carboxylic acids is 2. The van der Waals surface area contributed by atoms with E-state index in [0.717, 1.165) is 50.4 Å². The number of amides is 2. The average molecular weight is 337 g/mol. The first-order valence-electron chi connectivity index (χ1n) is 8.63. The van der Waals surface area contributed by atoms with Crippen molar-refractivity contribution in [1.82, 2.24) is 4.90 Å². The Bertz CT molecular complexity index is 693. The van der Waals surface area contributed by atoms with E-state index in [-0.39, 0.29) is 5.91 Å². The number of nitrogens with zero attached hydrogens (tertiary/aromatic N) is 2. The summed E-state index contributed by atoms with van der Waals surface area (Å²) in [5, 5.41) is 2.95.